The quantitative estimate of drug-likeness (QED) is 0.338. The molecule has 1 fully saturated rings. The van der Waals surface area contributed by atoms with E-state index >= 15 is 0 Å². The lowest BCUT2D eigenvalue weighted by Crippen LogP contribution is -2.47. The number of amides is 3. The number of benzene rings is 2. The molecule has 0 bridgehead atoms. The van der Waals surface area contributed by atoms with Gasteiger partial charge in [-0.2, -0.15) is 5.10 Å². The van der Waals surface area contributed by atoms with Crippen LogP contribution in [0.15, 0.2) is 71.7 Å². The number of hydrogen-bond acceptors (Lipinski definition) is 6. The number of hydrogen-bond donors (Lipinski definition) is 1. The van der Waals surface area contributed by atoms with Gasteiger partial charge in [0, 0.05) is 53.4 Å². The molecule has 11 nitrogen and oxygen atoms in total. The van der Waals surface area contributed by atoms with Crippen molar-refractivity contribution >= 4 is 40.9 Å². The molecular formula is C34H35Cl2N7O4. The Labute approximate surface area is 282 Å². The van der Waals surface area contributed by atoms with Crippen molar-refractivity contribution < 1.29 is 14.4 Å². The third kappa shape index (κ3) is 6.96. The predicted octanol–water partition coefficient (Wildman–Crippen LogP) is 4.57. The Bertz CT molecular complexity index is 1840. The van der Waals surface area contributed by atoms with Crippen LogP contribution in [0.3, 0.4) is 0 Å². The Hall–Kier alpha value is -4.48. The van der Waals surface area contributed by atoms with Gasteiger partial charge in [0.15, 0.2) is 5.82 Å². The summed E-state index contributed by atoms with van der Waals surface area (Å²) in [6.07, 6.45) is 3.43. The van der Waals surface area contributed by atoms with Gasteiger partial charge in [-0.3, -0.25) is 19.2 Å². The number of nitrogens with one attached hydrogen (secondary N) is 1. The van der Waals surface area contributed by atoms with Gasteiger partial charge in [-0.15, -0.1) is 0 Å². The van der Waals surface area contributed by atoms with E-state index in [0.717, 1.165) is 12.0 Å². The van der Waals surface area contributed by atoms with Crippen LogP contribution in [0.2, 0.25) is 10.0 Å². The zero-order chi connectivity index (χ0) is 33.1. The second-order valence-corrected chi connectivity index (χ2v) is 12.6. The van der Waals surface area contributed by atoms with Crippen LogP contribution in [0.4, 0.5) is 0 Å². The first-order valence-electron chi connectivity index (χ1n) is 15.7. The van der Waals surface area contributed by atoms with Gasteiger partial charge in [0.25, 0.3) is 11.5 Å². The van der Waals surface area contributed by atoms with Gasteiger partial charge in [-0.05, 0) is 50.5 Å². The van der Waals surface area contributed by atoms with Crippen molar-refractivity contribution in [3.8, 4) is 11.4 Å². The van der Waals surface area contributed by atoms with Gasteiger partial charge in [0.1, 0.15) is 17.4 Å². The van der Waals surface area contributed by atoms with Crippen molar-refractivity contribution in [3.05, 3.63) is 104 Å². The molecule has 0 unspecified atom stereocenters. The van der Waals surface area contributed by atoms with Crippen LogP contribution in [0, 0.1) is 0 Å². The van der Waals surface area contributed by atoms with Crippen molar-refractivity contribution in [2.45, 2.75) is 57.8 Å². The summed E-state index contributed by atoms with van der Waals surface area (Å²) in [6, 6.07) is 16.7. The van der Waals surface area contributed by atoms with Crippen LogP contribution in [0.1, 0.15) is 60.4 Å². The zero-order valence-corrected chi connectivity index (χ0v) is 27.5. The summed E-state index contributed by atoms with van der Waals surface area (Å²) in [4.78, 5) is 62.4. The third-order valence-electron chi connectivity index (χ3n) is 8.68. The van der Waals surface area contributed by atoms with E-state index in [4.69, 9.17) is 33.3 Å². The molecule has 2 atom stereocenters. The van der Waals surface area contributed by atoms with Crippen molar-refractivity contribution in [2.24, 2.45) is 0 Å². The van der Waals surface area contributed by atoms with Crippen LogP contribution in [0.25, 0.3) is 11.4 Å². The Balaban J connectivity index is 1.33. The highest BCUT2D eigenvalue weighted by molar-refractivity contribution is 6.36. The molecule has 1 N–H and O–H groups in total. The number of halogens is 2. The van der Waals surface area contributed by atoms with Crippen LogP contribution in [-0.4, -0.2) is 72.5 Å². The van der Waals surface area contributed by atoms with Crippen molar-refractivity contribution in [3.63, 3.8) is 0 Å². The summed E-state index contributed by atoms with van der Waals surface area (Å²) in [5.74, 6) is 0.209. The highest BCUT2D eigenvalue weighted by atomic mass is 35.5. The second kappa shape index (κ2) is 14.1. The lowest BCUT2D eigenvalue weighted by Gasteiger charge is -2.28. The molecule has 13 heteroatoms. The maximum absolute atomic E-state index is 14.1. The summed E-state index contributed by atoms with van der Waals surface area (Å²) < 4.78 is 3.12. The van der Waals surface area contributed by atoms with E-state index in [-0.39, 0.29) is 50.0 Å². The van der Waals surface area contributed by atoms with Crippen molar-refractivity contribution in [2.75, 3.05) is 19.6 Å². The summed E-state index contributed by atoms with van der Waals surface area (Å²) in [7, 11) is 0. The van der Waals surface area contributed by atoms with E-state index in [2.05, 4.69) is 5.32 Å². The molecule has 4 heterocycles. The molecule has 4 aromatic rings. The minimum atomic E-state index is -0.565. The fourth-order valence-electron chi connectivity index (χ4n) is 6.20. The molecule has 2 aromatic carbocycles. The summed E-state index contributed by atoms with van der Waals surface area (Å²) >= 11 is 12.7. The van der Waals surface area contributed by atoms with Crippen molar-refractivity contribution in [1.82, 2.24) is 34.4 Å². The molecule has 3 amide bonds. The van der Waals surface area contributed by atoms with E-state index in [1.54, 1.807) is 44.9 Å². The van der Waals surface area contributed by atoms with Gasteiger partial charge in [-0.1, -0.05) is 59.6 Å². The molecule has 244 valence electrons. The second-order valence-electron chi connectivity index (χ2n) is 11.8. The maximum Gasteiger partial charge on any atom is 0.263 e. The van der Waals surface area contributed by atoms with E-state index in [0.29, 0.717) is 46.6 Å². The van der Waals surface area contributed by atoms with Gasteiger partial charge >= 0.3 is 0 Å². The molecule has 0 radical (unpaired) electrons. The van der Waals surface area contributed by atoms with E-state index in [1.807, 2.05) is 37.3 Å². The highest BCUT2D eigenvalue weighted by Crippen LogP contribution is 2.25. The Morgan fingerprint density at radius 1 is 0.915 bits per heavy atom. The third-order valence-corrected chi connectivity index (χ3v) is 9.39. The number of fused-ring (bicyclic) bond motifs is 2. The van der Waals surface area contributed by atoms with Gasteiger partial charge < -0.3 is 19.7 Å². The molecule has 0 saturated carbocycles. The Morgan fingerprint density at radius 2 is 1.68 bits per heavy atom. The number of carbonyl (C=O) groups excluding carboxylic acids is 3. The lowest BCUT2D eigenvalue weighted by molar-refractivity contribution is -0.138. The molecule has 0 aliphatic carbocycles. The van der Waals surface area contributed by atoms with Crippen LogP contribution in [0.5, 0.6) is 0 Å². The van der Waals surface area contributed by atoms with E-state index < -0.39 is 23.6 Å². The molecule has 2 aliphatic heterocycles. The Kier molecular flexibility index (Phi) is 9.74. The summed E-state index contributed by atoms with van der Waals surface area (Å²) in [6.45, 7) is 3.10. The summed E-state index contributed by atoms with van der Waals surface area (Å²) in [5.41, 5.74) is 0.904. The number of pyridine rings is 1. The minimum absolute atomic E-state index is 0.00727. The number of nitrogens with zero attached hydrogens (tertiary/aromatic N) is 6. The van der Waals surface area contributed by atoms with Gasteiger partial charge in [-0.25, -0.2) is 9.67 Å². The average molecular weight is 677 g/mol. The van der Waals surface area contributed by atoms with Gasteiger partial charge in [0.2, 0.25) is 11.8 Å². The molecule has 0 spiro atoms. The molecule has 1 saturated heterocycles. The zero-order valence-electron chi connectivity index (χ0n) is 25.9. The molecule has 47 heavy (non-hydrogen) atoms. The maximum atomic E-state index is 14.1. The average Bonchev–Trinajstić information content (AvgIpc) is 3.73. The number of carbonyl (C=O) groups is 3. The van der Waals surface area contributed by atoms with Crippen molar-refractivity contribution in [1.29, 1.82) is 0 Å². The monoisotopic (exact) mass is 675 g/mol. The number of rotatable bonds is 4. The normalized spacial score (nSPS) is 19.1. The fourth-order valence-corrected chi connectivity index (χ4v) is 6.72. The molecule has 2 aromatic heterocycles. The summed E-state index contributed by atoms with van der Waals surface area (Å²) in [5, 5.41) is 8.66. The minimum Gasteiger partial charge on any atom is -0.345 e. The fraction of sp³-hybridized carbons (Fsp3) is 0.353. The Morgan fingerprint density at radius 3 is 2.45 bits per heavy atom. The first kappa shape index (κ1) is 32.5. The highest BCUT2D eigenvalue weighted by Gasteiger charge is 2.35. The van der Waals surface area contributed by atoms with E-state index in [9.17, 15) is 19.2 Å². The van der Waals surface area contributed by atoms with Crippen LogP contribution in [-0.2, 0) is 22.7 Å². The predicted molar refractivity (Wildman–Crippen MR) is 178 cm³/mol. The largest absolute Gasteiger partial charge is 0.345 e. The first-order valence-corrected chi connectivity index (χ1v) is 16.5. The lowest BCUT2D eigenvalue weighted by atomic mass is 10.1. The van der Waals surface area contributed by atoms with Gasteiger partial charge in [0.05, 0.1) is 19.1 Å². The van der Waals surface area contributed by atoms with E-state index in [1.165, 1.54) is 10.6 Å². The van der Waals surface area contributed by atoms with Crippen LogP contribution < -0.4 is 10.9 Å². The molecule has 6 rings (SSSR count). The first-order chi connectivity index (χ1) is 22.7. The van der Waals surface area contributed by atoms with Crippen LogP contribution >= 0.6 is 23.2 Å². The standard InChI is InChI=1S/C34H35Cl2N7O4/c1-22-31-38-30(23-9-3-2-4-10-23)39-43(31)20-19-40(16-8-15-29(44)42-18-7-14-28(42)32(45)37-22)33(46)24-11-6-17-41(34(24)47)21-25-26(35)12-5-13-27(25)36/h2-6,9-13,17,22,28H,7-8,14-16,18-21H2,1H3,(H,37,45)/t22-,28-/m0/s1. The molecule has 2 aliphatic rings. The topological polar surface area (TPSA) is 122 Å². The smallest absolute Gasteiger partial charge is 0.263 e. The SMILES string of the molecule is C[C@@H]1NC(=O)[C@@H]2CCCN2C(=O)CCCN(C(=O)c2cccn(Cc3c(Cl)cccc3Cl)c2=O)CCn2nc(-c3ccccc3)nc21. The molecular weight excluding hydrogens is 641 g/mol. The number of aromatic nitrogens is 4.